The van der Waals surface area contributed by atoms with Crippen LogP contribution in [0.4, 0.5) is 0 Å². The molecule has 3 aromatic heterocycles. The Hall–Kier alpha value is -4.72. The van der Waals surface area contributed by atoms with E-state index in [4.69, 9.17) is 24.6 Å². The average Bonchev–Trinajstić information content (AvgIpc) is 3.64. The minimum atomic E-state index is -0.898. The molecule has 0 amide bonds. The second kappa shape index (κ2) is 14.4. The molecule has 0 fully saturated rings. The second-order valence-electron chi connectivity index (χ2n) is 10.6. The molecule has 45 heavy (non-hydrogen) atoms. The van der Waals surface area contributed by atoms with Gasteiger partial charge in [-0.1, -0.05) is 65.8 Å². The third-order valence-corrected chi connectivity index (χ3v) is 8.06. The number of carboxylic acid groups (broad SMARTS) is 2. The van der Waals surface area contributed by atoms with Gasteiger partial charge in [0.2, 0.25) is 0 Å². The third-order valence-electron chi connectivity index (χ3n) is 8.06. The maximum atomic E-state index is 11.5. The predicted octanol–water partition coefficient (Wildman–Crippen LogP) is 6.42. The molecule has 10 heteroatoms. The molecule has 0 saturated carbocycles. The molecule has 8 bridgehead atoms. The summed E-state index contributed by atoms with van der Waals surface area (Å²) < 4.78 is 7.50. The summed E-state index contributed by atoms with van der Waals surface area (Å²) >= 11 is 0. The molecule has 5 heterocycles. The van der Waals surface area contributed by atoms with Crippen molar-refractivity contribution in [1.82, 2.24) is 19.9 Å². The van der Waals surface area contributed by atoms with Crippen molar-refractivity contribution in [3.05, 3.63) is 101 Å². The molecule has 0 aliphatic carbocycles. The summed E-state index contributed by atoms with van der Waals surface area (Å²) in [5.74, 6) is -1.80. The van der Waals surface area contributed by atoms with E-state index in [9.17, 15) is 19.8 Å². The first kappa shape index (κ1) is 34.8. The first-order valence-electron chi connectivity index (χ1n) is 14.0. The van der Waals surface area contributed by atoms with Crippen molar-refractivity contribution in [3.63, 3.8) is 0 Å². The fourth-order valence-corrected chi connectivity index (χ4v) is 5.61. The minimum absolute atomic E-state index is 0. The van der Waals surface area contributed by atoms with Crippen LogP contribution >= 0.6 is 0 Å². The molecule has 2 aliphatic heterocycles. The van der Waals surface area contributed by atoms with Crippen LogP contribution in [-0.4, -0.2) is 32.1 Å². The number of aliphatic carboxylic acids is 2. The van der Waals surface area contributed by atoms with Crippen molar-refractivity contribution < 1.29 is 41.5 Å². The van der Waals surface area contributed by atoms with Crippen molar-refractivity contribution in [2.45, 2.75) is 53.4 Å². The number of carboxylic acids is 2. The molecule has 1 radical (unpaired) electrons. The van der Waals surface area contributed by atoms with E-state index < -0.39 is 11.9 Å². The maximum absolute atomic E-state index is 11.5. The van der Waals surface area contributed by atoms with Crippen LogP contribution in [0.1, 0.15) is 71.7 Å². The van der Waals surface area contributed by atoms with Gasteiger partial charge in [0, 0.05) is 24.0 Å². The van der Waals surface area contributed by atoms with Crippen molar-refractivity contribution in [2.75, 3.05) is 0 Å². The van der Waals surface area contributed by atoms with Crippen LogP contribution in [0, 0.1) is 20.5 Å². The van der Waals surface area contributed by atoms with E-state index in [1.165, 1.54) is 0 Å². The van der Waals surface area contributed by atoms with E-state index >= 15 is 0 Å². The Morgan fingerprint density at radius 1 is 0.711 bits per heavy atom. The molecule has 0 spiro atoms. The molecular formula is C35H32FeN4O5+. The van der Waals surface area contributed by atoms with Crippen LogP contribution in [0.5, 0.6) is 0 Å². The molecule has 229 valence electrons. The van der Waals surface area contributed by atoms with Gasteiger partial charge in [0.05, 0.1) is 22.8 Å². The predicted molar refractivity (Wildman–Crippen MR) is 170 cm³/mol. The van der Waals surface area contributed by atoms with E-state index in [0.717, 1.165) is 61.6 Å². The summed E-state index contributed by atoms with van der Waals surface area (Å²) in [4.78, 5) is 42.7. The molecule has 0 saturated heterocycles. The molecule has 0 atom stereocenters. The third kappa shape index (κ3) is 6.85. The van der Waals surface area contributed by atoms with Crippen LogP contribution in [0.3, 0.4) is 0 Å². The van der Waals surface area contributed by atoms with Crippen molar-refractivity contribution >= 4 is 56.3 Å². The van der Waals surface area contributed by atoms with Crippen LogP contribution in [0.2, 0.25) is 0 Å². The number of aryl methyl sites for hydroxylation is 4. The summed E-state index contributed by atoms with van der Waals surface area (Å²) in [5, 5.41) is 18.9. The van der Waals surface area contributed by atoms with E-state index in [0.29, 0.717) is 40.6 Å². The van der Waals surface area contributed by atoms with Gasteiger partial charge in [-0.2, -0.15) is 0 Å². The van der Waals surface area contributed by atoms with Gasteiger partial charge in [-0.25, -0.2) is 9.97 Å². The zero-order valence-electron chi connectivity index (χ0n) is 25.5. The van der Waals surface area contributed by atoms with Crippen molar-refractivity contribution in [1.29, 1.82) is 0 Å². The smallest absolute Gasteiger partial charge is 3.00 e. The minimum Gasteiger partial charge on any atom is 3.00 e. The Bertz CT molecular complexity index is 1970. The molecule has 2 N–H and O–H groups in total. The normalized spacial score (nSPS) is 12.2. The Labute approximate surface area is 271 Å². The average molecular weight is 645 g/mol. The van der Waals surface area contributed by atoms with Gasteiger partial charge in [-0.3, -0.25) is 9.59 Å². The van der Waals surface area contributed by atoms with Gasteiger partial charge in [-0.15, -0.1) is 22.1 Å². The van der Waals surface area contributed by atoms with E-state index in [1.807, 2.05) is 52.0 Å². The van der Waals surface area contributed by atoms with Gasteiger partial charge < -0.3 is 20.2 Å². The standard InChI is InChI=1S/C34H34N4O4.CO.Fe/c1-7-21-17(3)25-13-26-19(5)23(9-11-33(39)40)31(37-26)16-32-24(10-12-34(41)42)20(6)28(38-32)15-30-22(8-2)18(4)27(36-30)14-29(21)35-25;1-2;/h7-8,13-16H,1-2,9-12H2,3-6H3,(H4,35,36,37,38,39,40,41,42);;/q;;+3/p-2. The quantitative estimate of drug-likeness (QED) is 0.162. The first-order chi connectivity index (χ1) is 21.0. The van der Waals surface area contributed by atoms with Crippen molar-refractivity contribution in [3.8, 4) is 0 Å². The number of fused-ring (bicyclic) bond motifs is 8. The Balaban J connectivity index is 0.00000180. The van der Waals surface area contributed by atoms with E-state index in [1.54, 1.807) is 12.2 Å². The molecule has 2 aliphatic rings. The van der Waals surface area contributed by atoms with Gasteiger partial charge in [0.15, 0.2) is 0 Å². The number of aromatic nitrogens is 4. The monoisotopic (exact) mass is 644 g/mol. The van der Waals surface area contributed by atoms with Gasteiger partial charge in [0.25, 0.3) is 0 Å². The summed E-state index contributed by atoms with van der Waals surface area (Å²) in [5.41, 5.74) is 12.6. The van der Waals surface area contributed by atoms with Crippen LogP contribution in [0.25, 0.3) is 44.4 Å². The zero-order chi connectivity index (χ0) is 32.3. The first-order valence-corrected chi connectivity index (χ1v) is 14.0. The topological polar surface area (TPSA) is 148 Å². The Morgan fingerprint density at radius 2 is 1.09 bits per heavy atom. The van der Waals surface area contributed by atoms with Crippen LogP contribution < -0.4 is 9.97 Å². The fraction of sp³-hybridized carbons (Fsp3) is 0.229. The summed E-state index contributed by atoms with van der Waals surface area (Å²) in [6, 6.07) is 7.62. The number of nitrogens with zero attached hydrogens (tertiary/aromatic N) is 4. The SMILES string of the molecule is C=CC1=C(C)c2cc3[n-]c(cc4[n-]c(cc5nc(cc1n2)C(C)=C5C=C)c(C)c4CCC(=O)O)c(CCC(=O)O)c3C.[C-]#[O+].[Fe+3]. The summed E-state index contributed by atoms with van der Waals surface area (Å²) in [7, 11) is 0. The summed E-state index contributed by atoms with van der Waals surface area (Å²) in [6.45, 7) is 20.4. The molecule has 0 aromatic carbocycles. The Kier molecular flexibility index (Phi) is 11.1. The van der Waals surface area contributed by atoms with E-state index in [-0.39, 0.29) is 29.9 Å². The number of rotatable bonds is 8. The molecule has 9 nitrogen and oxygen atoms in total. The van der Waals surface area contributed by atoms with Crippen molar-refractivity contribution in [2.24, 2.45) is 0 Å². The zero-order valence-corrected chi connectivity index (χ0v) is 26.6. The van der Waals surface area contributed by atoms with Gasteiger partial charge >= 0.3 is 40.3 Å². The molecular weight excluding hydrogens is 612 g/mol. The number of allylic oxidation sites excluding steroid dienone is 6. The summed E-state index contributed by atoms with van der Waals surface area (Å²) in [6.07, 6.45) is 4.06. The largest absolute Gasteiger partial charge is 3.00 e. The molecule has 0 unspecified atom stereocenters. The van der Waals surface area contributed by atoms with Gasteiger partial charge in [0.1, 0.15) is 0 Å². The maximum Gasteiger partial charge on any atom is 3.00 e. The Morgan fingerprint density at radius 3 is 1.49 bits per heavy atom. The molecule has 5 rings (SSSR count). The van der Waals surface area contributed by atoms with E-state index in [2.05, 4.69) is 19.8 Å². The van der Waals surface area contributed by atoms with Crippen LogP contribution in [0.15, 0.2) is 49.6 Å². The van der Waals surface area contributed by atoms with Gasteiger partial charge in [-0.05, 0) is 57.7 Å². The number of hydrogen-bond donors (Lipinski definition) is 2. The molecule has 3 aromatic rings. The number of hydrogen-bond acceptors (Lipinski definition) is 4. The fourth-order valence-electron chi connectivity index (χ4n) is 5.61. The van der Waals surface area contributed by atoms with Crippen LogP contribution in [-0.2, 0) is 44.2 Å². The number of carbonyl (C=O) groups is 2. The second-order valence-corrected chi connectivity index (χ2v) is 10.6.